The van der Waals surface area contributed by atoms with Crippen LogP contribution in [-0.4, -0.2) is 16.1 Å². The standard InChI is InChI=1S/C8H8N4O2/c9-6-3-10-12-7(6)11-8(13)5-1-2-14-4-5/h1-4H,9H2,(H2,10,11,12,13). The molecule has 0 bridgehead atoms. The van der Waals surface area contributed by atoms with E-state index >= 15 is 0 Å². The number of aromatic amines is 1. The molecule has 0 saturated carbocycles. The molecule has 2 aromatic rings. The predicted octanol–water partition coefficient (Wildman–Crippen LogP) is 0.837. The van der Waals surface area contributed by atoms with Crippen molar-refractivity contribution >= 4 is 17.4 Å². The van der Waals surface area contributed by atoms with E-state index < -0.39 is 0 Å². The predicted molar refractivity (Wildman–Crippen MR) is 49.7 cm³/mol. The van der Waals surface area contributed by atoms with Crippen LogP contribution in [0.5, 0.6) is 0 Å². The number of hydrogen-bond donors (Lipinski definition) is 3. The molecule has 2 rings (SSSR count). The number of nitrogens with one attached hydrogen (secondary N) is 2. The van der Waals surface area contributed by atoms with Gasteiger partial charge < -0.3 is 15.5 Å². The second-order valence-corrected chi connectivity index (χ2v) is 2.67. The first-order chi connectivity index (χ1) is 6.77. The second-order valence-electron chi connectivity index (χ2n) is 2.67. The lowest BCUT2D eigenvalue weighted by molar-refractivity contribution is 0.102. The SMILES string of the molecule is Nc1cn[nH]c1NC(=O)c1ccoc1. The highest BCUT2D eigenvalue weighted by Crippen LogP contribution is 2.13. The summed E-state index contributed by atoms with van der Waals surface area (Å²) in [4.78, 5) is 11.5. The van der Waals surface area contributed by atoms with Gasteiger partial charge in [0.05, 0.1) is 23.7 Å². The molecule has 4 N–H and O–H groups in total. The van der Waals surface area contributed by atoms with Crippen molar-refractivity contribution in [1.29, 1.82) is 0 Å². The monoisotopic (exact) mass is 192 g/mol. The minimum absolute atomic E-state index is 0.297. The van der Waals surface area contributed by atoms with Gasteiger partial charge >= 0.3 is 0 Å². The molecule has 0 spiro atoms. The van der Waals surface area contributed by atoms with Gasteiger partial charge in [-0.1, -0.05) is 0 Å². The highest BCUT2D eigenvalue weighted by molar-refractivity contribution is 6.04. The summed E-state index contributed by atoms with van der Waals surface area (Å²) in [5.41, 5.74) is 6.33. The fourth-order valence-corrected chi connectivity index (χ4v) is 0.975. The number of nitrogens with zero attached hydrogens (tertiary/aromatic N) is 1. The number of H-pyrrole nitrogens is 1. The Hall–Kier alpha value is -2.24. The topological polar surface area (TPSA) is 96.9 Å². The van der Waals surface area contributed by atoms with Gasteiger partial charge in [0.25, 0.3) is 5.91 Å². The molecular weight excluding hydrogens is 184 g/mol. The summed E-state index contributed by atoms with van der Waals surface area (Å²) in [7, 11) is 0. The summed E-state index contributed by atoms with van der Waals surface area (Å²) in [6.45, 7) is 0. The van der Waals surface area contributed by atoms with Crippen molar-refractivity contribution in [2.24, 2.45) is 0 Å². The van der Waals surface area contributed by atoms with Gasteiger partial charge in [-0.15, -0.1) is 0 Å². The number of carbonyl (C=O) groups is 1. The Labute approximate surface area is 79.1 Å². The molecule has 6 heteroatoms. The van der Waals surface area contributed by atoms with Crippen LogP contribution in [-0.2, 0) is 0 Å². The lowest BCUT2D eigenvalue weighted by Gasteiger charge is -1.99. The third kappa shape index (κ3) is 1.45. The van der Waals surface area contributed by atoms with Crippen LogP contribution < -0.4 is 11.1 Å². The van der Waals surface area contributed by atoms with Crippen molar-refractivity contribution in [1.82, 2.24) is 10.2 Å². The van der Waals surface area contributed by atoms with E-state index in [1.54, 1.807) is 6.07 Å². The smallest absolute Gasteiger partial charge is 0.260 e. The Balaban J connectivity index is 2.13. The van der Waals surface area contributed by atoms with Crippen molar-refractivity contribution in [3.63, 3.8) is 0 Å². The van der Waals surface area contributed by atoms with Crippen LogP contribution in [0.25, 0.3) is 0 Å². The number of amides is 1. The van der Waals surface area contributed by atoms with Gasteiger partial charge in [-0.3, -0.25) is 9.89 Å². The molecule has 0 unspecified atom stereocenters. The number of nitrogens with two attached hydrogens (primary N) is 1. The number of nitrogen functional groups attached to an aromatic ring is 1. The van der Waals surface area contributed by atoms with E-state index in [0.29, 0.717) is 17.1 Å². The summed E-state index contributed by atoms with van der Waals surface area (Å²) in [5, 5.41) is 8.78. The molecule has 0 fully saturated rings. The minimum atomic E-state index is -0.297. The fraction of sp³-hybridized carbons (Fsp3) is 0. The lowest BCUT2D eigenvalue weighted by atomic mass is 10.3. The van der Waals surface area contributed by atoms with Gasteiger partial charge in [-0.2, -0.15) is 5.10 Å². The maximum Gasteiger partial charge on any atom is 0.260 e. The summed E-state index contributed by atoms with van der Waals surface area (Å²) < 4.78 is 4.77. The number of anilines is 2. The van der Waals surface area contributed by atoms with Gasteiger partial charge in [0.15, 0.2) is 5.82 Å². The number of rotatable bonds is 2. The number of furan rings is 1. The molecule has 14 heavy (non-hydrogen) atoms. The zero-order chi connectivity index (χ0) is 9.97. The highest BCUT2D eigenvalue weighted by atomic mass is 16.3. The number of hydrogen-bond acceptors (Lipinski definition) is 4. The zero-order valence-electron chi connectivity index (χ0n) is 7.15. The molecule has 72 valence electrons. The first-order valence-electron chi connectivity index (χ1n) is 3.90. The molecule has 0 saturated heterocycles. The molecule has 0 aliphatic rings. The van der Waals surface area contributed by atoms with E-state index in [1.165, 1.54) is 18.7 Å². The van der Waals surface area contributed by atoms with E-state index in [-0.39, 0.29) is 5.91 Å². The first kappa shape index (κ1) is 8.36. The highest BCUT2D eigenvalue weighted by Gasteiger charge is 2.09. The Morgan fingerprint density at radius 3 is 3.07 bits per heavy atom. The van der Waals surface area contributed by atoms with Gasteiger partial charge in [0.1, 0.15) is 6.26 Å². The normalized spacial score (nSPS) is 10.0. The average molecular weight is 192 g/mol. The summed E-state index contributed by atoms with van der Waals surface area (Å²) in [5.74, 6) is 0.0888. The Bertz CT molecular complexity index is 432. The van der Waals surface area contributed by atoms with Crippen molar-refractivity contribution in [3.8, 4) is 0 Å². The van der Waals surface area contributed by atoms with Crippen LogP contribution in [0.2, 0.25) is 0 Å². The van der Waals surface area contributed by atoms with Gasteiger partial charge in [0.2, 0.25) is 0 Å². The average Bonchev–Trinajstić information content (AvgIpc) is 2.77. The van der Waals surface area contributed by atoms with Crippen molar-refractivity contribution in [2.75, 3.05) is 11.1 Å². The van der Waals surface area contributed by atoms with Gasteiger partial charge in [-0.05, 0) is 6.07 Å². The fourth-order valence-electron chi connectivity index (χ4n) is 0.975. The zero-order valence-corrected chi connectivity index (χ0v) is 7.15. The van der Waals surface area contributed by atoms with Crippen molar-refractivity contribution in [3.05, 3.63) is 30.4 Å². The molecule has 2 heterocycles. The number of aromatic nitrogens is 2. The molecule has 0 radical (unpaired) electrons. The maximum absolute atomic E-state index is 11.5. The van der Waals surface area contributed by atoms with Gasteiger partial charge in [-0.25, -0.2) is 0 Å². The lowest BCUT2D eigenvalue weighted by Crippen LogP contribution is -2.12. The quantitative estimate of drug-likeness (QED) is 0.656. The van der Waals surface area contributed by atoms with Crippen LogP contribution in [0.3, 0.4) is 0 Å². The van der Waals surface area contributed by atoms with Crippen LogP contribution >= 0.6 is 0 Å². The first-order valence-corrected chi connectivity index (χ1v) is 3.90. The largest absolute Gasteiger partial charge is 0.472 e. The maximum atomic E-state index is 11.5. The Morgan fingerprint density at radius 1 is 1.64 bits per heavy atom. The molecule has 1 amide bonds. The Morgan fingerprint density at radius 2 is 2.50 bits per heavy atom. The van der Waals surface area contributed by atoms with E-state index in [2.05, 4.69) is 15.5 Å². The van der Waals surface area contributed by atoms with Crippen molar-refractivity contribution in [2.45, 2.75) is 0 Å². The van der Waals surface area contributed by atoms with Crippen LogP contribution in [0.15, 0.2) is 29.2 Å². The molecule has 0 aliphatic carbocycles. The summed E-state index contributed by atoms with van der Waals surface area (Å²) in [6, 6.07) is 1.56. The molecule has 0 atom stereocenters. The van der Waals surface area contributed by atoms with Crippen LogP contribution in [0.4, 0.5) is 11.5 Å². The summed E-state index contributed by atoms with van der Waals surface area (Å²) >= 11 is 0. The van der Waals surface area contributed by atoms with E-state index in [9.17, 15) is 4.79 Å². The molecule has 0 aliphatic heterocycles. The second kappa shape index (κ2) is 3.25. The third-order valence-electron chi connectivity index (χ3n) is 1.69. The van der Waals surface area contributed by atoms with E-state index in [4.69, 9.17) is 10.2 Å². The molecular formula is C8H8N4O2. The van der Waals surface area contributed by atoms with E-state index in [1.807, 2.05) is 0 Å². The molecule has 6 nitrogen and oxygen atoms in total. The third-order valence-corrected chi connectivity index (χ3v) is 1.69. The van der Waals surface area contributed by atoms with Gasteiger partial charge in [0, 0.05) is 0 Å². The van der Waals surface area contributed by atoms with Crippen LogP contribution in [0, 0.1) is 0 Å². The minimum Gasteiger partial charge on any atom is -0.472 e. The number of carbonyl (C=O) groups excluding carboxylic acids is 1. The van der Waals surface area contributed by atoms with Crippen LogP contribution in [0.1, 0.15) is 10.4 Å². The molecule has 2 aromatic heterocycles. The summed E-state index contributed by atoms with van der Waals surface area (Å²) in [6.07, 6.45) is 4.19. The Kier molecular flexibility index (Phi) is 1.94. The van der Waals surface area contributed by atoms with E-state index in [0.717, 1.165) is 0 Å². The van der Waals surface area contributed by atoms with Crippen molar-refractivity contribution < 1.29 is 9.21 Å². The molecule has 0 aromatic carbocycles.